The molecule has 5 atom stereocenters. The molecular formula is C17H17Cl2N5O4S2. The normalized spacial score (nSPS) is 26.8. The van der Waals surface area contributed by atoms with Crippen LogP contribution in [-0.4, -0.2) is 72.6 Å². The van der Waals surface area contributed by atoms with Gasteiger partial charge in [-0.3, -0.25) is 4.98 Å². The number of aliphatic hydroxyl groups is 2. The van der Waals surface area contributed by atoms with E-state index in [4.69, 9.17) is 32.7 Å². The predicted molar refractivity (Wildman–Crippen MR) is 113 cm³/mol. The van der Waals surface area contributed by atoms with Crippen molar-refractivity contribution in [1.82, 2.24) is 25.0 Å². The van der Waals surface area contributed by atoms with E-state index in [-0.39, 0.29) is 6.61 Å². The van der Waals surface area contributed by atoms with Crippen molar-refractivity contribution in [3.05, 3.63) is 40.2 Å². The molecule has 160 valence electrons. The van der Waals surface area contributed by atoms with E-state index in [1.54, 1.807) is 23.8 Å². The summed E-state index contributed by atoms with van der Waals surface area (Å²) in [6.07, 6.45) is 2.32. The third-order valence-electron chi connectivity index (χ3n) is 4.54. The van der Waals surface area contributed by atoms with Gasteiger partial charge in [-0.2, -0.15) is 0 Å². The largest absolute Gasteiger partial charge is 0.394 e. The van der Waals surface area contributed by atoms with E-state index in [9.17, 15) is 10.2 Å². The summed E-state index contributed by atoms with van der Waals surface area (Å²) >= 11 is 14.6. The predicted octanol–water partition coefficient (Wildman–Crippen LogP) is 2.53. The molecule has 2 N–H and O–H groups in total. The highest BCUT2D eigenvalue weighted by atomic mass is 35.5. The molecule has 4 rings (SSSR count). The Bertz CT molecular complexity index is 1010. The standard InChI is InChI=1S/C17H17Cl2N5O4S2/c1-27-15-13(24-5-10(22-23-24)16-21-12(19)7-29-16)14(26)11(6-25)28-17(15)30-9-2-8(18)3-20-4-9/h2-5,7,11,13-15,17,25-26H,6H2,1H3/t11?,13?,14-,15?,17+/m0/s1. The number of hydrogen-bond donors (Lipinski definition) is 2. The van der Waals surface area contributed by atoms with Crippen LogP contribution in [0.2, 0.25) is 10.2 Å². The maximum absolute atomic E-state index is 10.9. The van der Waals surface area contributed by atoms with Crippen molar-refractivity contribution in [2.45, 2.75) is 34.7 Å². The van der Waals surface area contributed by atoms with Crippen molar-refractivity contribution in [2.24, 2.45) is 0 Å². The number of aromatic nitrogens is 5. The number of halogens is 2. The van der Waals surface area contributed by atoms with Gasteiger partial charge in [0.15, 0.2) is 0 Å². The fraction of sp³-hybridized carbons (Fsp3) is 0.412. The topological polar surface area (TPSA) is 115 Å². The lowest BCUT2D eigenvalue weighted by molar-refractivity contribution is -0.186. The fourth-order valence-electron chi connectivity index (χ4n) is 3.19. The molecule has 4 heterocycles. The minimum atomic E-state index is -1.08. The Hall–Kier alpha value is -1.31. The van der Waals surface area contributed by atoms with Crippen LogP contribution in [0.1, 0.15) is 6.04 Å². The summed E-state index contributed by atoms with van der Waals surface area (Å²) in [6.45, 7) is -0.372. The Morgan fingerprint density at radius 2 is 2.20 bits per heavy atom. The molecule has 1 aliphatic rings. The summed E-state index contributed by atoms with van der Waals surface area (Å²) in [4.78, 5) is 9.03. The first kappa shape index (κ1) is 21.9. The zero-order valence-corrected chi connectivity index (χ0v) is 18.6. The van der Waals surface area contributed by atoms with Crippen molar-refractivity contribution in [3.8, 4) is 10.7 Å². The lowest BCUT2D eigenvalue weighted by Crippen LogP contribution is -2.55. The third kappa shape index (κ3) is 4.48. The molecule has 1 saturated heterocycles. The molecule has 0 bridgehead atoms. The molecule has 3 aromatic rings. The molecule has 3 unspecified atom stereocenters. The van der Waals surface area contributed by atoms with Gasteiger partial charge < -0.3 is 19.7 Å². The first-order valence-corrected chi connectivity index (χ1v) is 11.3. The van der Waals surface area contributed by atoms with Gasteiger partial charge in [0, 0.05) is 29.8 Å². The second-order valence-corrected chi connectivity index (χ2v) is 9.28. The number of rotatable bonds is 6. The number of ether oxygens (including phenoxy) is 2. The molecule has 0 spiro atoms. The number of thioether (sulfide) groups is 1. The minimum Gasteiger partial charge on any atom is -0.394 e. The Balaban J connectivity index is 1.65. The van der Waals surface area contributed by atoms with Crippen LogP contribution in [0.5, 0.6) is 0 Å². The van der Waals surface area contributed by atoms with Gasteiger partial charge in [0.05, 0.1) is 17.8 Å². The van der Waals surface area contributed by atoms with Crippen molar-refractivity contribution in [1.29, 1.82) is 0 Å². The summed E-state index contributed by atoms with van der Waals surface area (Å²) < 4.78 is 13.1. The van der Waals surface area contributed by atoms with Gasteiger partial charge in [0.25, 0.3) is 0 Å². The first-order valence-electron chi connectivity index (χ1n) is 8.77. The third-order valence-corrected chi connectivity index (χ3v) is 7.04. The number of methoxy groups -OCH3 is 1. The molecule has 1 fully saturated rings. The lowest BCUT2D eigenvalue weighted by Gasteiger charge is -2.43. The van der Waals surface area contributed by atoms with E-state index >= 15 is 0 Å². The van der Waals surface area contributed by atoms with Crippen LogP contribution in [0, 0.1) is 0 Å². The Kier molecular flexibility index (Phi) is 6.90. The fourth-order valence-corrected chi connectivity index (χ4v) is 5.52. The summed E-state index contributed by atoms with van der Waals surface area (Å²) in [6, 6.07) is 1.09. The molecule has 0 aliphatic carbocycles. The number of thiazole rings is 1. The minimum absolute atomic E-state index is 0.372. The summed E-state index contributed by atoms with van der Waals surface area (Å²) in [5.74, 6) is 0. The Morgan fingerprint density at radius 3 is 2.87 bits per heavy atom. The van der Waals surface area contributed by atoms with Crippen molar-refractivity contribution in [2.75, 3.05) is 13.7 Å². The van der Waals surface area contributed by atoms with Crippen LogP contribution < -0.4 is 0 Å². The van der Waals surface area contributed by atoms with E-state index in [0.29, 0.717) is 20.9 Å². The van der Waals surface area contributed by atoms with Crippen LogP contribution in [0.25, 0.3) is 10.7 Å². The molecule has 9 nitrogen and oxygen atoms in total. The van der Waals surface area contributed by atoms with Crippen LogP contribution in [-0.2, 0) is 9.47 Å². The van der Waals surface area contributed by atoms with Crippen molar-refractivity contribution < 1.29 is 19.7 Å². The van der Waals surface area contributed by atoms with E-state index in [2.05, 4.69) is 20.3 Å². The van der Waals surface area contributed by atoms with Gasteiger partial charge in [-0.15, -0.1) is 16.4 Å². The zero-order valence-electron chi connectivity index (χ0n) is 15.5. The zero-order chi connectivity index (χ0) is 21.3. The SMILES string of the molecule is COC1C(n2cc(-c3nc(Cl)cs3)nn2)[C@@H](O)C(CO)O[C@@H]1Sc1cncc(Cl)c1. The highest BCUT2D eigenvalue weighted by Gasteiger charge is 2.47. The number of nitrogens with zero attached hydrogens (tertiary/aromatic N) is 5. The van der Waals surface area contributed by atoms with E-state index in [1.807, 2.05) is 0 Å². The average molecular weight is 490 g/mol. The molecule has 30 heavy (non-hydrogen) atoms. The summed E-state index contributed by atoms with van der Waals surface area (Å²) in [5, 5.41) is 32.1. The molecule has 3 aromatic heterocycles. The number of hydrogen-bond acceptors (Lipinski definition) is 10. The first-order chi connectivity index (χ1) is 14.5. The van der Waals surface area contributed by atoms with Crippen LogP contribution >= 0.6 is 46.3 Å². The highest BCUT2D eigenvalue weighted by Crippen LogP contribution is 2.40. The molecule has 0 amide bonds. The van der Waals surface area contributed by atoms with Gasteiger partial charge in [-0.25, -0.2) is 9.67 Å². The second kappa shape index (κ2) is 9.45. The average Bonchev–Trinajstić information content (AvgIpc) is 3.37. The van der Waals surface area contributed by atoms with Crippen molar-refractivity contribution in [3.63, 3.8) is 0 Å². The highest BCUT2D eigenvalue weighted by molar-refractivity contribution is 7.99. The second-order valence-electron chi connectivity index (χ2n) is 6.42. The molecule has 1 aliphatic heterocycles. The molecular weight excluding hydrogens is 473 g/mol. The van der Waals surface area contributed by atoms with Gasteiger partial charge in [0.2, 0.25) is 0 Å². The number of pyridine rings is 1. The summed E-state index contributed by atoms with van der Waals surface area (Å²) in [5.41, 5.74) is -0.0491. The Labute approximate surface area is 190 Å². The van der Waals surface area contributed by atoms with Crippen LogP contribution in [0.3, 0.4) is 0 Å². The van der Waals surface area contributed by atoms with Gasteiger partial charge in [-0.05, 0) is 6.07 Å². The summed E-state index contributed by atoms with van der Waals surface area (Å²) in [7, 11) is 1.52. The maximum Gasteiger partial charge on any atom is 0.147 e. The monoisotopic (exact) mass is 489 g/mol. The van der Waals surface area contributed by atoms with Crippen LogP contribution in [0.4, 0.5) is 0 Å². The molecule has 13 heteroatoms. The van der Waals surface area contributed by atoms with Gasteiger partial charge in [0.1, 0.15) is 45.6 Å². The molecule has 0 aromatic carbocycles. The van der Waals surface area contributed by atoms with Crippen molar-refractivity contribution >= 4 is 46.3 Å². The van der Waals surface area contributed by atoms with E-state index < -0.39 is 29.8 Å². The quantitative estimate of drug-likeness (QED) is 0.538. The van der Waals surface area contributed by atoms with E-state index in [0.717, 1.165) is 4.90 Å². The molecule has 0 radical (unpaired) electrons. The smallest absolute Gasteiger partial charge is 0.147 e. The van der Waals surface area contributed by atoms with Gasteiger partial charge >= 0.3 is 0 Å². The Morgan fingerprint density at radius 1 is 1.37 bits per heavy atom. The van der Waals surface area contributed by atoms with Crippen LogP contribution in [0.15, 0.2) is 34.9 Å². The molecule has 0 saturated carbocycles. The van der Waals surface area contributed by atoms with Gasteiger partial charge in [-0.1, -0.05) is 40.2 Å². The van der Waals surface area contributed by atoms with E-state index in [1.165, 1.54) is 41.1 Å². The lowest BCUT2D eigenvalue weighted by atomic mass is 9.97. The maximum atomic E-state index is 10.9. The number of aliphatic hydroxyl groups excluding tert-OH is 2.